The minimum atomic E-state index is -5.04. The Balaban J connectivity index is 2.60. The predicted molar refractivity (Wildman–Crippen MR) is 84.8 cm³/mol. The van der Waals surface area contributed by atoms with Gasteiger partial charge >= 0.3 is 6.18 Å². The Morgan fingerprint density at radius 1 is 1.20 bits per heavy atom. The number of benzene rings is 1. The Morgan fingerprint density at radius 2 is 1.76 bits per heavy atom. The van der Waals surface area contributed by atoms with Crippen LogP contribution in [0.3, 0.4) is 0 Å². The fraction of sp³-hybridized carbons (Fsp3) is 0.375. The van der Waals surface area contributed by atoms with Gasteiger partial charge in [-0.2, -0.15) is 13.2 Å². The summed E-state index contributed by atoms with van der Waals surface area (Å²) in [5, 5.41) is 0. The van der Waals surface area contributed by atoms with Crippen LogP contribution in [0, 0.1) is 6.92 Å². The van der Waals surface area contributed by atoms with Crippen LogP contribution in [0.5, 0.6) is 0 Å². The van der Waals surface area contributed by atoms with E-state index in [1.807, 2.05) is 0 Å². The summed E-state index contributed by atoms with van der Waals surface area (Å²) in [5.74, 6) is -2.32. The van der Waals surface area contributed by atoms with Gasteiger partial charge in [0.15, 0.2) is 0 Å². The van der Waals surface area contributed by atoms with E-state index in [0.717, 1.165) is 15.7 Å². The molecule has 0 aliphatic carbocycles. The number of nitrogens with zero attached hydrogens (tertiary/aromatic N) is 2. The van der Waals surface area contributed by atoms with Crippen molar-refractivity contribution in [2.45, 2.75) is 44.2 Å². The van der Waals surface area contributed by atoms with E-state index >= 15 is 0 Å². The Kier molecular flexibility index (Phi) is 5.08. The largest absolute Gasteiger partial charge is 0.450 e. The van der Waals surface area contributed by atoms with Gasteiger partial charge in [0, 0.05) is 5.92 Å². The molecule has 25 heavy (non-hydrogen) atoms. The molecule has 1 aromatic heterocycles. The second-order valence-electron chi connectivity index (χ2n) is 5.94. The lowest BCUT2D eigenvalue weighted by Crippen LogP contribution is -2.27. The van der Waals surface area contributed by atoms with E-state index < -0.39 is 28.4 Å². The number of carbonyl (C=O) groups excluding carboxylic acids is 1. The molecule has 5 nitrogen and oxygen atoms in total. The summed E-state index contributed by atoms with van der Waals surface area (Å²) in [6, 6.07) is 5.90. The molecule has 0 amide bonds. The summed E-state index contributed by atoms with van der Waals surface area (Å²) >= 11 is 0. The summed E-state index contributed by atoms with van der Waals surface area (Å²) in [6.07, 6.45) is -5.13. The standard InChI is InChI=1S/C16H17F3N2O3S/c1-10(2)15-20-9-12(8-14(22)16(17,18)19)21(15)25(23,24)13-6-4-11(3)5-7-13/h4-7,9-10H,8H2,1-3H3. The van der Waals surface area contributed by atoms with Crippen molar-refractivity contribution >= 4 is 15.8 Å². The molecule has 136 valence electrons. The van der Waals surface area contributed by atoms with Crippen molar-refractivity contribution in [2.24, 2.45) is 0 Å². The lowest BCUT2D eigenvalue weighted by atomic mass is 10.2. The molecule has 0 bridgehead atoms. The SMILES string of the molecule is Cc1ccc(S(=O)(=O)n2c(CC(=O)C(F)(F)F)cnc2C(C)C)cc1. The lowest BCUT2D eigenvalue weighted by molar-refractivity contribution is -0.170. The average Bonchev–Trinajstić information content (AvgIpc) is 2.91. The minimum Gasteiger partial charge on any atom is -0.289 e. The molecule has 2 rings (SSSR count). The quantitative estimate of drug-likeness (QED) is 0.806. The topological polar surface area (TPSA) is 69.0 Å². The van der Waals surface area contributed by atoms with Crippen LogP contribution in [-0.2, 0) is 21.2 Å². The normalized spacial score (nSPS) is 12.6. The molecule has 1 heterocycles. The number of aryl methyl sites for hydroxylation is 1. The molecular formula is C16H17F3N2O3S. The third kappa shape index (κ3) is 3.92. The maximum Gasteiger partial charge on any atom is 0.450 e. The first-order valence-corrected chi connectivity index (χ1v) is 8.87. The highest BCUT2D eigenvalue weighted by atomic mass is 32.2. The number of rotatable bonds is 5. The van der Waals surface area contributed by atoms with Crippen LogP contribution in [-0.4, -0.2) is 29.3 Å². The van der Waals surface area contributed by atoms with Crippen LogP contribution in [0.4, 0.5) is 13.2 Å². The molecule has 2 aromatic rings. The first-order chi connectivity index (χ1) is 11.4. The third-order valence-electron chi connectivity index (χ3n) is 3.55. The molecule has 1 aromatic carbocycles. The average molecular weight is 374 g/mol. The van der Waals surface area contributed by atoms with Crippen molar-refractivity contribution in [3.05, 3.63) is 47.5 Å². The molecule has 0 spiro atoms. The third-order valence-corrected chi connectivity index (χ3v) is 5.32. The van der Waals surface area contributed by atoms with Gasteiger partial charge in [0.05, 0.1) is 23.2 Å². The molecule has 0 aliphatic rings. The van der Waals surface area contributed by atoms with Crippen molar-refractivity contribution < 1.29 is 26.4 Å². The fourth-order valence-electron chi connectivity index (χ4n) is 2.25. The van der Waals surface area contributed by atoms with Crippen LogP contribution in [0.2, 0.25) is 0 Å². The number of halogens is 3. The van der Waals surface area contributed by atoms with Crippen LogP contribution in [0.25, 0.3) is 0 Å². The Hall–Kier alpha value is -2.16. The van der Waals surface area contributed by atoms with Gasteiger partial charge in [-0.15, -0.1) is 0 Å². The van der Waals surface area contributed by atoms with Gasteiger partial charge in [0.25, 0.3) is 10.0 Å². The maximum absolute atomic E-state index is 12.9. The van der Waals surface area contributed by atoms with E-state index in [2.05, 4.69) is 4.98 Å². The van der Waals surface area contributed by atoms with Gasteiger partial charge in [0.2, 0.25) is 5.78 Å². The number of carbonyl (C=O) groups is 1. The first kappa shape index (κ1) is 19.2. The monoisotopic (exact) mass is 374 g/mol. The van der Waals surface area contributed by atoms with Gasteiger partial charge in [-0.25, -0.2) is 17.4 Å². The van der Waals surface area contributed by atoms with Crippen molar-refractivity contribution in [3.8, 4) is 0 Å². The zero-order chi connectivity index (χ0) is 19.0. The summed E-state index contributed by atoms with van der Waals surface area (Å²) in [4.78, 5) is 15.2. The van der Waals surface area contributed by atoms with E-state index in [1.165, 1.54) is 12.1 Å². The van der Waals surface area contributed by atoms with Crippen molar-refractivity contribution in [1.29, 1.82) is 0 Å². The van der Waals surface area contributed by atoms with Gasteiger partial charge in [-0.1, -0.05) is 31.5 Å². The first-order valence-electron chi connectivity index (χ1n) is 7.43. The zero-order valence-electron chi connectivity index (χ0n) is 13.8. The van der Waals surface area contributed by atoms with Gasteiger partial charge < -0.3 is 0 Å². The highest BCUT2D eigenvalue weighted by Gasteiger charge is 2.39. The van der Waals surface area contributed by atoms with Crippen LogP contribution >= 0.6 is 0 Å². The highest BCUT2D eigenvalue weighted by Crippen LogP contribution is 2.25. The van der Waals surface area contributed by atoms with Crippen LogP contribution in [0.1, 0.15) is 36.8 Å². The van der Waals surface area contributed by atoms with E-state index in [9.17, 15) is 26.4 Å². The molecule has 0 saturated carbocycles. The molecule has 0 radical (unpaired) electrons. The summed E-state index contributed by atoms with van der Waals surface area (Å²) in [5.41, 5.74) is 0.521. The molecular weight excluding hydrogens is 357 g/mol. The molecule has 0 unspecified atom stereocenters. The number of aromatic nitrogens is 2. The maximum atomic E-state index is 12.9. The fourth-order valence-corrected chi connectivity index (χ4v) is 3.87. The van der Waals surface area contributed by atoms with Crippen molar-refractivity contribution in [1.82, 2.24) is 8.96 Å². The van der Waals surface area contributed by atoms with Crippen LogP contribution in [0.15, 0.2) is 35.4 Å². The smallest absolute Gasteiger partial charge is 0.289 e. The van der Waals surface area contributed by atoms with E-state index in [1.54, 1.807) is 32.9 Å². The molecule has 9 heteroatoms. The van der Waals surface area contributed by atoms with Gasteiger partial charge in [0.1, 0.15) is 5.82 Å². The predicted octanol–water partition coefficient (Wildman–Crippen LogP) is 3.23. The molecule has 0 aliphatic heterocycles. The summed E-state index contributed by atoms with van der Waals surface area (Å²) < 4.78 is 64.3. The van der Waals surface area contributed by atoms with Gasteiger partial charge in [-0.05, 0) is 19.1 Å². The zero-order valence-corrected chi connectivity index (χ0v) is 14.6. The van der Waals surface area contributed by atoms with Crippen molar-refractivity contribution in [2.75, 3.05) is 0 Å². The van der Waals surface area contributed by atoms with E-state index in [-0.39, 0.29) is 22.3 Å². The highest BCUT2D eigenvalue weighted by molar-refractivity contribution is 7.90. The number of hydrogen-bond acceptors (Lipinski definition) is 4. The minimum absolute atomic E-state index is 0.0746. The molecule has 0 atom stereocenters. The second-order valence-corrected chi connectivity index (χ2v) is 7.73. The van der Waals surface area contributed by atoms with Crippen LogP contribution < -0.4 is 0 Å². The summed E-state index contributed by atoms with van der Waals surface area (Å²) in [6.45, 7) is 5.11. The number of hydrogen-bond donors (Lipinski definition) is 0. The lowest BCUT2D eigenvalue weighted by Gasteiger charge is -2.15. The van der Waals surface area contributed by atoms with E-state index in [0.29, 0.717) is 0 Å². The number of ketones is 1. The second kappa shape index (κ2) is 6.62. The van der Waals surface area contributed by atoms with Gasteiger partial charge in [-0.3, -0.25) is 4.79 Å². The Morgan fingerprint density at radius 3 is 2.24 bits per heavy atom. The molecule has 0 N–H and O–H groups in total. The number of Topliss-reactive ketones (excluding diaryl/α,β-unsaturated/α-hetero) is 1. The Bertz CT molecular complexity index is 882. The summed E-state index contributed by atoms with van der Waals surface area (Å²) in [7, 11) is -4.18. The van der Waals surface area contributed by atoms with E-state index in [4.69, 9.17) is 0 Å². The molecule has 0 saturated heterocycles. The Labute approximate surface area is 143 Å². The number of alkyl halides is 3. The number of imidazole rings is 1. The molecule has 0 fully saturated rings. The van der Waals surface area contributed by atoms with Crippen molar-refractivity contribution in [3.63, 3.8) is 0 Å².